The van der Waals surface area contributed by atoms with Gasteiger partial charge in [0, 0.05) is 6.20 Å². The monoisotopic (exact) mass is 333 g/mol. The van der Waals surface area contributed by atoms with Crippen molar-refractivity contribution in [2.45, 2.75) is 0 Å². The molecule has 0 saturated carbocycles. The van der Waals surface area contributed by atoms with Gasteiger partial charge < -0.3 is 10.1 Å². The molecule has 1 heterocycles. The van der Waals surface area contributed by atoms with Gasteiger partial charge in [-0.25, -0.2) is 13.8 Å². The van der Waals surface area contributed by atoms with Gasteiger partial charge in [-0.3, -0.25) is 4.79 Å². The number of benzene rings is 1. The fraction of sp³-hybridized carbons (Fsp3) is 0.0833. The summed E-state index contributed by atoms with van der Waals surface area (Å²) in [7, 11) is 1.27. The number of carbonyl (C=O) groups is 1. The maximum Gasteiger partial charge on any atom is 0.262 e. The summed E-state index contributed by atoms with van der Waals surface area (Å²) < 4.78 is 31.8. The predicted molar refractivity (Wildman–Crippen MR) is 72.9 cm³/mol. The number of halogens is 4. The number of carbonyl (C=O) groups excluding carboxylic acids is 1. The van der Waals surface area contributed by atoms with Gasteiger partial charge in [-0.2, -0.15) is 4.98 Å². The number of anilines is 1. The fourth-order valence-electron chi connectivity index (χ4n) is 1.48. The highest BCUT2D eigenvalue weighted by atomic mass is 35.5. The minimum absolute atomic E-state index is 0.110. The Bertz CT molecular complexity index is 713. The van der Waals surface area contributed by atoms with Crippen LogP contribution in [-0.4, -0.2) is 23.0 Å². The summed E-state index contributed by atoms with van der Waals surface area (Å²) >= 11 is 11.2. The van der Waals surface area contributed by atoms with E-state index < -0.39 is 28.3 Å². The summed E-state index contributed by atoms with van der Waals surface area (Å²) in [6.07, 6.45) is 1.09. The van der Waals surface area contributed by atoms with Crippen LogP contribution in [0.3, 0.4) is 0 Å². The number of amides is 1. The lowest BCUT2D eigenvalue weighted by molar-refractivity contribution is 0.102. The molecule has 2 aromatic rings. The van der Waals surface area contributed by atoms with Gasteiger partial charge in [0.2, 0.25) is 11.2 Å². The first kappa shape index (κ1) is 15.4. The van der Waals surface area contributed by atoms with Crippen molar-refractivity contribution in [3.8, 4) is 5.88 Å². The summed E-state index contributed by atoms with van der Waals surface area (Å²) in [5, 5.41) is 1.47. The van der Waals surface area contributed by atoms with Crippen LogP contribution in [0.2, 0.25) is 10.3 Å². The third kappa shape index (κ3) is 3.20. The fourth-order valence-corrected chi connectivity index (χ4v) is 1.81. The maximum absolute atomic E-state index is 13.6. The van der Waals surface area contributed by atoms with E-state index in [9.17, 15) is 13.6 Å². The lowest BCUT2D eigenvalue weighted by atomic mass is 10.2. The van der Waals surface area contributed by atoms with E-state index in [2.05, 4.69) is 15.3 Å². The largest absolute Gasteiger partial charge is 0.480 e. The smallest absolute Gasteiger partial charge is 0.262 e. The van der Waals surface area contributed by atoms with Crippen molar-refractivity contribution in [3.63, 3.8) is 0 Å². The second-order valence-electron chi connectivity index (χ2n) is 3.73. The van der Waals surface area contributed by atoms with Gasteiger partial charge in [0.05, 0.1) is 12.8 Å². The van der Waals surface area contributed by atoms with Gasteiger partial charge in [0.1, 0.15) is 22.2 Å². The molecule has 1 aromatic heterocycles. The number of rotatable bonds is 3. The second-order valence-corrected chi connectivity index (χ2v) is 4.45. The molecule has 1 N–H and O–H groups in total. The third-order valence-corrected chi connectivity index (χ3v) is 3.00. The molecule has 0 bridgehead atoms. The van der Waals surface area contributed by atoms with Crippen molar-refractivity contribution in [3.05, 3.63) is 45.8 Å². The van der Waals surface area contributed by atoms with Crippen LogP contribution in [0.4, 0.5) is 14.5 Å². The van der Waals surface area contributed by atoms with Crippen LogP contribution >= 0.6 is 23.2 Å². The highest BCUT2D eigenvalue weighted by Gasteiger charge is 2.19. The van der Waals surface area contributed by atoms with E-state index in [-0.39, 0.29) is 16.7 Å². The topological polar surface area (TPSA) is 64.1 Å². The molecule has 0 atom stereocenters. The van der Waals surface area contributed by atoms with Gasteiger partial charge >= 0.3 is 0 Å². The van der Waals surface area contributed by atoms with Gasteiger partial charge in [-0.05, 0) is 23.7 Å². The summed E-state index contributed by atoms with van der Waals surface area (Å²) in [6, 6.07) is 1.69. The molecule has 1 aromatic carbocycles. The average Bonchev–Trinajstić information content (AvgIpc) is 2.47. The number of hydrogen-bond acceptors (Lipinski definition) is 4. The minimum Gasteiger partial charge on any atom is -0.480 e. The van der Waals surface area contributed by atoms with Gasteiger partial charge in [-0.1, -0.05) is 11.6 Å². The van der Waals surface area contributed by atoms with Crippen molar-refractivity contribution in [1.29, 1.82) is 0 Å². The quantitative estimate of drug-likeness (QED) is 0.691. The average molecular weight is 334 g/mol. The molecule has 0 aliphatic heterocycles. The highest BCUT2D eigenvalue weighted by molar-refractivity contribution is 6.34. The molecule has 0 spiro atoms. The lowest BCUT2D eigenvalue weighted by Gasteiger charge is -2.10. The first-order valence-corrected chi connectivity index (χ1v) is 6.21. The van der Waals surface area contributed by atoms with Gasteiger partial charge in [0.15, 0.2) is 0 Å². The van der Waals surface area contributed by atoms with Crippen LogP contribution in [0.5, 0.6) is 5.88 Å². The maximum atomic E-state index is 13.6. The number of nitrogens with zero attached hydrogens (tertiary/aromatic N) is 2. The molecule has 0 aliphatic carbocycles. The molecule has 1 amide bonds. The zero-order chi connectivity index (χ0) is 15.6. The molecule has 2 rings (SSSR count). The molecule has 0 fully saturated rings. The number of methoxy groups -OCH3 is 1. The number of hydrogen-bond donors (Lipinski definition) is 1. The molecule has 110 valence electrons. The standard InChI is InChI=1S/C12H7Cl2F2N3O2/c1-21-11-5(4-17-12(14)19-11)10(20)18-9-7(16)3-2-6(15)8(9)13/h2-4H,1H3,(H,18,20). The summed E-state index contributed by atoms with van der Waals surface area (Å²) in [5.41, 5.74) is -0.597. The van der Waals surface area contributed by atoms with E-state index in [4.69, 9.17) is 27.9 Å². The molecule has 0 radical (unpaired) electrons. The van der Waals surface area contributed by atoms with Crippen molar-refractivity contribution < 1.29 is 18.3 Å². The summed E-state index contributed by atoms with van der Waals surface area (Å²) in [5.74, 6) is -2.69. The zero-order valence-corrected chi connectivity index (χ0v) is 12.0. The van der Waals surface area contributed by atoms with E-state index in [1.807, 2.05) is 0 Å². The highest BCUT2D eigenvalue weighted by Crippen LogP contribution is 2.29. The molecule has 0 saturated heterocycles. The molecule has 9 heteroatoms. The molecule has 0 aliphatic rings. The Balaban J connectivity index is 2.37. The zero-order valence-electron chi connectivity index (χ0n) is 10.5. The van der Waals surface area contributed by atoms with Crippen molar-refractivity contribution in [2.24, 2.45) is 0 Å². The summed E-state index contributed by atoms with van der Waals surface area (Å²) in [4.78, 5) is 19.4. The SMILES string of the molecule is COc1nc(Cl)ncc1C(=O)Nc1c(F)ccc(F)c1Cl. The van der Waals surface area contributed by atoms with E-state index in [0.29, 0.717) is 0 Å². The van der Waals surface area contributed by atoms with E-state index in [0.717, 1.165) is 18.3 Å². The van der Waals surface area contributed by atoms with Crippen molar-refractivity contribution in [2.75, 3.05) is 12.4 Å². The van der Waals surface area contributed by atoms with Crippen LogP contribution < -0.4 is 10.1 Å². The molecule has 21 heavy (non-hydrogen) atoms. The lowest BCUT2D eigenvalue weighted by Crippen LogP contribution is -2.16. The first-order valence-electron chi connectivity index (χ1n) is 5.45. The number of ether oxygens (including phenoxy) is 1. The van der Waals surface area contributed by atoms with E-state index in [1.54, 1.807) is 0 Å². The van der Waals surface area contributed by atoms with Gasteiger partial charge in [0.25, 0.3) is 5.91 Å². The van der Waals surface area contributed by atoms with Crippen LogP contribution in [0.25, 0.3) is 0 Å². The van der Waals surface area contributed by atoms with Crippen LogP contribution in [0.15, 0.2) is 18.3 Å². The Morgan fingerprint density at radius 1 is 1.29 bits per heavy atom. The summed E-state index contributed by atoms with van der Waals surface area (Å²) in [6.45, 7) is 0. The Morgan fingerprint density at radius 2 is 1.95 bits per heavy atom. The molecular formula is C12H7Cl2F2N3O2. The number of aromatic nitrogens is 2. The van der Waals surface area contributed by atoms with E-state index >= 15 is 0 Å². The van der Waals surface area contributed by atoms with Crippen molar-refractivity contribution >= 4 is 34.8 Å². The Kier molecular flexibility index (Phi) is 4.54. The van der Waals surface area contributed by atoms with E-state index in [1.165, 1.54) is 7.11 Å². The predicted octanol–water partition coefficient (Wildman–Crippen LogP) is 3.32. The third-order valence-electron chi connectivity index (χ3n) is 2.44. The molecule has 0 unspecified atom stereocenters. The van der Waals surface area contributed by atoms with Crippen LogP contribution in [0.1, 0.15) is 10.4 Å². The Labute approximate surface area is 127 Å². The number of nitrogens with one attached hydrogen (secondary N) is 1. The second kappa shape index (κ2) is 6.19. The normalized spacial score (nSPS) is 10.3. The van der Waals surface area contributed by atoms with Crippen LogP contribution in [0, 0.1) is 11.6 Å². The Morgan fingerprint density at radius 3 is 2.62 bits per heavy atom. The Hall–Kier alpha value is -1.99. The molecular weight excluding hydrogens is 327 g/mol. The molecule has 5 nitrogen and oxygen atoms in total. The van der Waals surface area contributed by atoms with Crippen LogP contribution in [-0.2, 0) is 0 Å². The van der Waals surface area contributed by atoms with Crippen molar-refractivity contribution in [1.82, 2.24) is 9.97 Å². The van der Waals surface area contributed by atoms with Gasteiger partial charge in [-0.15, -0.1) is 0 Å². The first-order chi connectivity index (χ1) is 9.93. The minimum atomic E-state index is -0.886.